The van der Waals surface area contributed by atoms with Crippen LogP contribution in [0.5, 0.6) is 0 Å². The van der Waals surface area contributed by atoms with Crippen LogP contribution in [-0.4, -0.2) is 3.07 Å². The number of halogens is 2. The van der Waals surface area contributed by atoms with E-state index in [0.717, 1.165) is 0 Å². The van der Waals surface area contributed by atoms with Gasteiger partial charge in [0, 0.05) is 0 Å². The zero-order chi connectivity index (χ0) is 11.6. The molecule has 0 heterocycles. The van der Waals surface area contributed by atoms with Crippen LogP contribution in [0.15, 0.2) is 0 Å². The number of hydrogen-bond donors (Lipinski definition) is 0. The van der Waals surface area contributed by atoms with E-state index >= 15 is 0 Å². The van der Waals surface area contributed by atoms with Gasteiger partial charge in [0.1, 0.15) is 0 Å². The molecule has 0 atom stereocenters. The Balaban J connectivity index is 3.40. The molecule has 15 heavy (non-hydrogen) atoms. The SMILES string of the molecule is CCCCCC[Si](I)(I)CCCCCC. The summed E-state index contributed by atoms with van der Waals surface area (Å²) in [7, 11) is 0. The molecule has 0 fully saturated rings. The predicted molar refractivity (Wildman–Crippen MR) is 91.7 cm³/mol. The van der Waals surface area contributed by atoms with Crippen molar-refractivity contribution in [3.63, 3.8) is 0 Å². The summed E-state index contributed by atoms with van der Waals surface area (Å²) >= 11 is 5.61. The predicted octanol–water partition coefficient (Wildman–Crippen LogP) is 6.46. The molecule has 0 aliphatic carbocycles. The molecule has 0 spiro atoms. The molecule has 0 aromatic rings. The van der Waals surface area contributed by atoms with Crippen LogP contribution in [0, 0.1) is 0 Å². The Kier molecular flexibility index (Phi) is 12.0. The van der Waals surface area contributed by atoms with Crippen LogP contribution in [0.2, 0.25) is 12.1 Å². The van der Waals surface area contributed by atoms with Crippen molar-refractivity contribution in [1.82, 2.24) is 0 Å². The van der Waals surface area contributed by atoms with Gasteiger partial charge in [0.2, 0.25) is 0 Å². The highest BCUT2D eigenvalue weighted by atomic mass is 127. The van der Waals surface area contributed by atoms with E-state index in [0.29, 0.717) is 0 Å². The Morgan fingerprint density at radius 1 is 0.667 bits per heavy atom. The summed E-state index contributed by atoms with van der Waals surface area (Å²) in [6.07, 6.45) is 11.5. The van der Waals surface area contributed by atoms with Gasteiger partial charge in [0.05, 0.1) is 0 Å². The van der Waals surface area contributed by atoms with Gasteiger partial charge in [-0.2, -0.15) is 0 Å². The molecule has 0 saturated carbocycles. The van der Waals surface area contributed by atoms with Crippen LogP contribution in [-0.2, 0) is 0 Å². The second-order valence-corrected chi connectivity index (χ2v) is 25.8. The normalized spacial score (nSPS) is 12.0. The smallest absolute Gasteiger partial charge is 0.105 e. The van der Waals surface area contributed by atoms with E-state index in [1.807, 2.05) is 0 Å². The zero-order valence-electron chi connectivity index (χ0n) is 10.3. The standard InChI is InChI=1S/C12H26I2Si/c1-3-5-7-9-11-15(13,14)12-10-8-6-4-2/h3-12H2,1-2H3. The van der Waals surface area contributed by atoms with Gasteiger partial charge in [0.15, 0.2) is 3.07 Å². The largest absolute Gasteiger partial charge is 0.192 e. The van der Waals surface area contributed by atoms with Crippen molar-refractivity contribution in [1.29, 1.82) is 0 Å². The van der Waals surface area contributed by atoms with E-state index in [-0.39, 0.29) is 0 Å². The maximum atomic E-state index is 2.80. The fourth-order valence-electron chi connectivity index (χ4n) is 1.75. The highest BCUT2D eigenvalue weighted by Gasteiger charge is 2.24. The van der Waals surface area contributed by atoms with Gasteiger partial charge < -0.3 is 0 Å². The second-order valence-electron chi connectivity index (χ2n) is 4.48. The fourth-order valence-corrected chi connectivity index (χ4v) is 8.11. The van der Waals surface area contributed by atoms with Crippen molar-refractivity contribution in [2.75, 3.05) is 0 Å². The van der Waals surface area contributed by atoms with Crippen molar-refractivity contribution < 1.29 is 0 Å². The Morgan fingerprint density at radius 2 is 1.07 bits per heavy atom. The first-order valence-electron chi connectivity index (χ1n) is 6.50. The molecule has 0 amide bonds. The molecule has 0 nitrogen and oxygen atoms in total. The zero-order valence-corrected chi connectivity index (χ0v) is 15.6. The molecule has 0 aliphatic rings. The lowest BCUT2D eigenvalue weighted by Gasteiger charge is -2.17. The lowest BCUT2D eigenvalue weighted by atomic mass is 10.2. The van der Waals surface area contributed by atoms with Crippen LogP contribution >= 0.6 is 43.6 Å². The summed E-state index contributed by atoms with van der Waals surface area (Å²) in [5.74, 6) is 0. The van der Waals surface area contributed by atoms with E-state index < -0.39 is 3.07 Å². The first kappa shape index (κ1) is 16.7. The highest BCUT2D eigenvalue weighted by Crippen LogP contribution is 2.35. The maximum absolute atomic E-state index is 2.80. The Hall–Kier alpha value is 1.68. The molecule has 0 radical (unpaired) electrons. The first-order chi connectivity index (χ1) is 7.12. The third kappa shape index (κ3) is 11.9. The molecule has 92 valence electrons. The van der Waals surface area contributed by atoms with E-state index in [1.165, 1.54) is 51.4 Å². The van der Waals surface area contributed by atoms with Crippen LogP contribution in [0.25, 0.3) is 0 Å². The monoisotopic (exact) mass is 452 g/mol. The topological polar surface area (TPSA) is 0 Å². The van der Waals surface area contributed by atoms with Crippen molar-refractivity contribution in [2.45, 2.75) is 77.3 Å². The molecular weight excluding hydrogens is 426 g/mol. The number of hydrogen-bond acceptors (Lipinski definition) is 0. The molecule has 0 aliphatic heterocycles. The number of unbranched alkanes of at least 4 members (excludes halogenated alkanes) is 6. The van der Waals surface area contributed by atoms with Crippen molar-refractivity contribution >= 4 is 46.7 Å². The van der Waals surface area contributed by atoms with Gasteiger partial charge >= 0.3 is 0 Å². The molecule has 0 N–H and O–H groups in total. The van der Waals surface area contributed by atoms with E-state index in [9.17, 15) is 0 Å². The number of rotatable bonds is 10. The van der Waals surface area contributed by atoms with E-state index in [1.54, 1.807) is 12.1 Å². The quantitative estimate of drug-likeness (QED) is 0.155. The van der Waals surface area contributed by atoms with Crippen molar-refractivity contribution in [2.24, 2.45) is 0 Å². The first-order valence-corrected chi connectivity index (χ1v) is 15.1. The van der Waals surface area contributed by atoms with E-state index in [4.69, 9.17) is 0 Å². The molecule has 0 aromatic carbocycles. The molecule has 0 unspecified atom stereocenters. The van der Waals surface area contributed by atoms with Crippen molar-refractivity contribution in [3.05, 3.63) is 0 Å². The molecule has 0 saturated heterocycles. The molecule has 0 bridgehead atoms. The van der Waals surface area contributed by atoms with Gasteiger partial charge in [0.25, 0.3) is 0 Å². The average molecular weight is 452 g/mol. The molecular formula is C12H26I2Si. The Morgan fingerprint density at radius 3 is 1.40 bits per heavy atom. The minimum atomic E-state index is -0.863. The van der Waals surface area contributed by atoms with Crippen LogP contribution in [0.4, 0.5) is 0 Å². The summed E-state index contributed by atoms with van der Waals surface area (Å²) in [5, 5.41) is 0. The third-order valence-corrected chi connectivity index (χ3v) is 11.4. The lowest BCUT2D eigenvalue weighted by molar-refractivity contribution is 0.688. The summed E-state index contributed by atoms with van der Waals surface area (Å²) in [6.45, 7) is 4.59. The highest BCUT2D eigenvalue weighted by molar-refractivity contribution is 14.3. The lowest BCUT2D eigenvalue weighted by Crippen LogP contribution is -2.15. The third-order valence-electron chi connectivity index (χ3n) is 2.79. The average Bonchev–Trinajstić information content (AvgIpc) is 2.20. The van der Waals surface area contributed by atoms with Gasteiger partial charge in [-0.15, -0.1) is 43.6 Å². The minimum absolute atomic E-state index is 0.863. The molecule has 3 heteroatoms. The van der Waals surface area contributed by atoms with E-state index in [2.05, 4.69) is 57.4 Å². The van der Waals surface area contributed by atoms with Gasteiger partial charge in [-0.1, -0.05) is 65.2 Å². The summed E-state index contributed by atoms with van der Waals surface area (Å²) in [4.78, 5) is 0. The minimum Gasteiger partial charge on any atom is -0.105 e. The van der Waals surface area contributed by atoms with Crippen molar-refractivity contribution in [3.8, 4) is 0 Å². The molecule has 0 aromatic heterocycles. The fraction of sp³-hybridized carbons (Fsp3) is 1.00. The van der Waals surface area contributed by atoms with Gasteiger partial charge in [-0.3, -0.25) is 0 Å². The van der Waals surface area contributed by atoms with Crippen LogP contribution in [0.1, 0.15) is 65.2 Å². The van der Waals surface area contributed by atoms with Crippen LogP contribution < -0.4 is 0 Å². The maximum Gasteiger partial charge on any atom is 0.192 e. The van der Waals surface area contributed by atoms with Gasteiger partial charge in [-0.25, -0.2) is 0 Å². The van der Waals surface area contributed by atoms with Gasteiger partial charge in [-0.05, 0) is 12.1 Å². The Bertz CT molecular complexity index is 124. The summed E-state index contributed by atoms with van der Waals surface area (Å²) in [5.41, 5.74) is 0. The van der Waals surface area contributed by atoms with Crippen LogP contribution in [0.3, 0.4) is 0 Å². The Labute approximate surface area is 123 Å². The summed E-state index contributed by atoms with van der Waals surface area (Å²) in [6, 6.07) is 3.08. The molecule has 0 rings (SSSR count). The summed E-state index contributed by atoms with van der Waals surface area (Å²) < 4.78 is -0.863. The second kappa shape index (κ2) is 10.8.